The van der Waals surface area contributed by atoms with Gasteiger partial charge >= 0.3 is 0 Å². The van der Waals surface area contributed by atoms with Crippen LogP contribution in [0.5, 0.6) is 5.88 Å². The number of ether oxygens (including phenoxy) is 1. The molecular formula is C14H20N4O. The first-order valence-corrected chi connectivity index (χ1v) is 6.63. The fraction of sp³-hybridized carbons (Fsp3) is 0.571. The predicted octanol–water partition coefficient (Wildman–Crippen LogP) is 1.12. The summed E-state index contributed by atoms with van der Waals surface area (Å²) in [5.74, 6) is 0.671. The summed E-state index contributed by atoms with van der Waals surface area (Å²) in [6, 6.07) is 8.07. The summed E-state index contributed by atoms with van der Waals surface area (Å²) in [7, 11) is 1.64. The van der Waals surface area contributed by atoms with Gasteiger partial charge in [0, 0.05) is 51.8 Å². The lowest BCUT2D eigenvalue weighted by atomic mass is 10.2. The van der Waals surface area contributed by atoms with Gasteiger partial charge in [-0.25, -0.2) is 4.98 Å². The van der Waals surface area contributed by atoms with Crippen LogP contribution in [0.2, 0.25) is 0 Å². The van der Waals surface area contributed by atoms with Crippen molar-refractivity contribution in [1.82, 2.24) is 14.8 Å². The summed E-state index contributed by atoms with van der Waals surface area (Å²) in [6.45, 7) is 5.89. The van der Waals surface area contributed by atoms with Crippen LogP contribution in [0.25, 0.3) is 0 Å². The zero-order valence-electron chi connectivity index (χ0n) is 11.4. The molecule has 0 saturated carbocycles. The highest BCUT2D eigenvalue weighted by atomic mass is 16.5. The topological polar surface area (TPSA) is 52.4 Å². The molecule has 2 heterocycles. The van der Waals surface area contributed by atoms with Crippen molar-refractivity contribution in [2.75, 3.05) is 39.8 Å². The van der Waals surface area contributed by atoms with E-state index in [0.717, 1.165) is 45.0 Å². The number of nitrogens with zero attached hydrogens (tertiary/aromatic N) is 4. The molecule has 1 saturated heterocycles. The molecule has 1 aliphatic rings. The van der Waals surface area contributed by atoms with Crippen molar-refractivity contribution < 1.29 is 4.74 Å². The van der Waals surface area contributed by atoms with Crippen LogP contribution in [0.15, 0.2) is 18.2 Å². The Kier molecular flexibility index (Phi) is 5.13. The Hall–Kier alpha value is -1.64. The molecule has 0 radical (unpaired) electrons. The molecule has 0 atom stereocenters. The molecule has 0 amide bonds. The molecule has 0 aliphatic carbocycles. The van der Waals surface area contributed by atoms with Crippen LogP contribution in [-0.4, -0.2) is 54.6 Å². The summed E-state index contributed by atoms with van der Waals surface area (Å²) in [5.41, 5.74) is 1.05. The summed E-state index contributed by atoms with van der Waals surface area (Å²) in [5, 5.41) is 8.59. The maximum atomic E-state index is 8.59. The van der Waals surface area contributed by atoms with Crippen LogP contribution in [0.3, 0.4) is 0 Å². The molecule has 0 unspecified atom stereocenters. The fourth-order valence-corrected chi connectivity index (χ4v) is 2.27. The molecule has 0 N–H and O–H groups in total. The quantitative estimate of drug-likeness (QED) is 0.794. The van der Waals surface area contributed by atoms with E-state index in [-0.39, 0.29) is 0 Å². The van der Waals surface area contributed by atoms with Crippen molar-refractivity contribution in [3.63, 3.8) is 0 Å². The second-order valence-corrected chi connectivity index (χ2v) is 4.70. The molecule has 0 aromatic carbocycles. The number of aromatic nitrogens is 1. The number of hydrogen-bond acceptors (Lipinski definition) is 5. The van der Waals surface area contributed by atoms with Gasteiger partial charge in [-0.2, -0.15) is 5.26 Å². The molecule has 1 aromatic heterocycles. The Morgan fingerprint density at radius 3 is 2.68 bits per heavy atom. The standard InChI is InChI=1S/C14H20N4O/c1-19-14-5-2-4-13(16-14)12-18-10-8-17(9-11-18)7-3-6-15/h2,4-5H,3,7-12H2,1H3. The SMILES string of the molecule is COc1cccc(CN2CCN(CCC#N)CC2)n1. The molecule has 1 fully saturated rings. The zero-order valence-corrected chi connectivity index (χ0v) is 11.4. The van der Waals surface area contributed by atoms with Crippen LogP contribution in [0.1, 0.15) is 12.1 Å². The Morgan fingerprint density at radius 1 is 1.26 bits per heavy atom. The number of piperazine rings is 1. The van der Waals surface area contributed by atoms with Gasteiger partial charge in [-0.1, -0.05) is 6.07 Å². The van der Waals surface area contributed by atoms with Crippen LogP contribution in [0.4, 0.5) is 0 Å². The molecule has 1 aromatic rings. The van der Waals surface area contributed by atoms with Gasteiger partial charge in [-0.05, 0) is 6.07 Å². The number of hydrogen-bond donors (Lipinski definition) is 0. The number of nitriles is 1. The molecule has 2 rings (SSSR count). The lowest BCUT2D eigenvalue weighted by molar-refractivity contribution is 0.128. The molecule has 102 valence electrons. The molecule has 0 bridgehead atoms. The second kappa shape index (κ2) is 7.07. The Balaban J connectivity index is 1.80. The molecule has 5 heteroatoms. The van der Waals surface area contributed by atoms with Gasteiger partial charge in [-0.15, -0.1) is 0 Å². The first-order chi connectivity index (χ1) is 9.31. The van der Waals surface area contributed by atoms with E-state index in [9.17, 15) is 0 Å². The largest absolute Gasteiger partial charge is 0.481 e. The van der Waals surface area contributed by atoms with Gasteiger partial charge < -0.3 is 4.74 Å². The molecule has 0 spiro atoms. The van der Waals surface area contributed by atoms with E-state index < -0.39 is 0 Å². The van der Waals surface area contributed by atoms with E-state index >= 15 is 0 Å². The van der Waals surface area contributed by atoms with Crippen molar-refractivity contribution in [1.29, 1.82) is 5.26 Å². The zero-order chi connectivity index (χ0) is 13.5. The third-order valence-corrected chi connectivity index (χ3v) is 3.38. The fourth-order valence-electron chi connectivity index (χ4n) is 2.27. The Morgan fingerprint density at radius 2 is 2.00 bits per heavy atom. The van der Waals surface area contributed by atoms with Crippen molar-refractivity contribution in [2.45, 2.75) is 13.0 Å². The first kappa shape index (κ1) is 13.8. The summed E-state index contributed by atoms with van der Waals surface area (Å²) in [6.07, 6.45) is 0.622. The second-order valence-electron chi connectivity index (χ2n) is 4.70. The summed E-state index contributed by atoms with van der Waals surface area (Å²) < 4.78 is 5.14. The summed E-state index contributed by atoms with van der Waals surface area (Å²) in [4.78, 5) is 9.17. The maximum Gasteiger partial charge on any atom is 0.213 e. The van der Waals surface area contributed by atoms with E-state index in [4.69, 9.17) is 10.00 Å². The van der Waals surface area contributed by atoms with E-state index in [1.54, 1.807) is 7.11 Å². The number of methoxy groups -OCH3 is 1. The first-order valence-electron chi connectivity index (χ1n) is 6.63. The average molecular weight is 260 g/mol. The number of pyridine rings is 1. The van der Waals surface area contributed by atoms with E-state index in [1.165, 1.54) is 0 Å². The third-order valence-electron chi connectivity index (χ3n) is 3.38. The van der Waals surface area contributed by atoms with Crippen molar-refractivity contribution in [2.24, 2.45) is 0 Å². The van der Waals surface area contributed by atoms with Gasteiger partial charge in [-0.3, -0.25) is 9.80 Å². The summed E-state index contributed by atoms with van der Waals surface area (Å²) >= 11 is 0. The smallest absolute Gasteiger partial charge is 0.213 e. The van der Waals surface area contributed by atoms with Gasteiger partial charge in [0.1, 0.15) is 0 Å². The van der Waals surface area contributed by atoms with E-state index in [0.29, 0.717) is 12.3 Å². The predicted molar refractivity (Wildman–Crippen MR) is 72.7 cm³/mol. The molecule has 5 nitrogen and oxygen atoms in total. The lowest BCUT2D eigenvalue weighted by Gasteiger charge is -2.34. The van der Waals surface area contributed by atoms with Gasteiger partial charge in [0.25, 0.3) is 0 Å². The van der Waals surface area contributed by atoms with Gasteiger partial charge in [0.2, 0.25) is 5.88 Å². The van der Waals surface area contributed by atoms with Crippen LogP contribution >= 0.6 is 0 Å². The van der Waals surface area contributed by atoms with Crippen molar-refractivity contribution in [3.8, 4) is 11.9 Å². The monoisotopic (exact) mass is 260 g/mol. The van der Waals surface area contributed by atoms with E-state index in [2.05, 4.69) is 20.9 Å². The molecular weight excluding hydrogens is 240 g/mol. The minimum Gasteiger partial charge on any atom is -0.481 e. The Labute approximate surface area is 114 Å². The highest BCUT2D eigenvalue weighted by molar-refractivity contribution is 5.15. The number of rotatable bonds is 5. The van der Waals surface area contributed by atoms with Gasteiger partial charge in [0.15, 0.2) is 0 Å². The normalized spacial score (nSPS) is 17.1. The van der Waals surface area contributed by atoms with Crippen LogP contribution in [-0.2, 0) is 6.54 Å². The van der Waals surface area contributed by atoms with Crippen molar-refractivity contribution >= 4 is 0 Å². The highest BCUT2D eigenvalue weighted by Gasteiger charge is 2.16. The van der Waals surface area contributed by atoms with Crippen molar-refractivity contribution in [3.05, 3.63) is 23.9 Å². The minimum absolute atomic E-state index is 0.622. The van der Waals surface area contributed by atoms with E-state index in [1.807, 2.05) is 18.2 Å². The maximum absolute atomic E-state index is 8.59. The van der Waals surface area contributed by atoms with Gasteiger partial charge in [0.05, 0.1) is 18.9 Å². The molecule has 1 aliphatic heterocycles. The minimum atomic E-state index is 0.622. The van der Waals surface area contributed by atoms with Crippen LogP contribution in [0, 0.1) is 11.3 Å². The molecule has 19 heavy (non-hydrogen) atoms. The highest BCUT2D eigenvalue weighted by Crippen LogP contribution is 2.11. The van der Waals surface area contributed by atoms with Crippen LogP contribution < -0.4 is 4.74 Å². The lowest BCUT2D eigenvalue weighted by Crippen LogP contribution is -2.46. The average Bonchev–Trinajstić information content (AvgIpc) is 2.47. The third kappa shape index (κ3) is 4.19. The Bertz CT molecular complexity index is 435.